The molecule has 0 spiro atoms. The van der Waals surface area contributed by atoms with E-state index >= 15 is 0 Å². The molecule has 0 saturated carbocycles. The molecule has 0 amide bonds. The van der Waals surface area contributed by atoms with E-state index in [9.17, 15) is 0 Å². The monoisotopic (exact) mass is 216 g/mol. The second-order valence-corrected chi connectivity index (χ2v) is 4.79. The van der Waals surface area contributed by atoms with E-state index in [4.69, 9.17) is 4.74 Å². The third-order valence-electron chi connectivity index (χ3n) is 2.74. The van der Waals surface area contributed by atoms with Gasteiger partial charge in [0.1, 0.15) is 0 Å². The van der Waals surface area contributed by atoms with Crippen molar-refractivity contribution in [2.45, 2.75) is 33.3 Å². The standard InChI is InChI=1S/C12H26N2O.H2/c1-4-13-6-5-12-10-14(7-8-15-12)9-11(2)3;/h11-13H,4-10H2,1-3H3;1H/t12-;/m1./s1. The molecular weight excluding hydrogens is 188 g/mol. The third-order valence-corrected chi connectivity index (χ3v) is 2.74. The van der Waals surface area contributed by atoms with Crippen molar-refractivity contribution in [1.82, 2.24) is 10.2 Å². The van der Waals surface area contributed by atoms with Crippen molar-refractivity contribution in [3.05, 3.63) is 0 Å². The topological polar surface area (TPSA) is 24.5 Å². The molecule has 1 saturated heterocycles. The number of hydrogen-bond donors (Lipinski definition) is 1. The maximum Gasteiger partial charge on any atom is 0.0714 e. The number of morpholine rings is 1. The molecule has 0 aliphatic carbocycles. The predicted octanol–water partition coefficient (Wildman–Crippen LogP) is 1.59. The minimum atomic E-state index is 0. The van der Waals surface area contributed by atoms with Gasteiger partial charge < -0.3 is 10.1 Å². The van der Waals surface area contributed by atoms with E-state index in [1.54, 1.807) is 0 Å². The fourth-order valence-corrected chi connectivity index (χ4v) is 2.08. The van der Waals surface area contributed by atoms with Gasteiger partial charge >= 0.3 is 0 Å². The van der Waals surface area contributed by atoms with Gasteiger partial charge in [0, 0.05) is 21.1 Å². The molecule has 0 aromatic carbocycles. The summed E-state index contributed by atoms with van der Waals surface area (Å²) in [6.45, 7) is 13.2. The molecule has 3 nitrogen and oxygen atoms in total. The van der Waals surface area contributed by atoms with E-state index in [2.05, 4.69) is 31.0 Å². The van der Waals surface area contributed by atoms with Crippen molar-refractivity contribution in [2.24, 2.45) is 5.92 Å². The lowest BCUT2D eigenvalue weighted by molar-refractivity contribution is -0.0346. The van der Waals surface area contributed by atoms with E-state index in [-0.39, 0.29) is 1.43 Å². The summed E-state index contributed by atoms with van der Waals surface area (Å²) in [6.07, 6.45) is 1.58. The highest BCUT2D eigenvalue weighted by Crippen LogP contribution is 2.10. The molecule has 0 radical (unpaired) electrons. The molecule has 15 heavy (non-hydrogen) atoms. The van der Waals surface area contributed by atoms with Crippen molar-refractivity contribution < 1.29 is 6.16 Å². The Morgan fingerprint density at radius 1 is 1.53 bits per heavy atom. The Morgan fingerprint density at radius 2 is 2.33 bits per heavy atom. The molecule has 1 rings (SSSR count). The van der Waals surface area contributed by atoms with Gasteiger partial charge in [-0.2, -0.15) is 0 Å². The van der Waals surface area contributed by atoms with E-state index in [1.165, 1.54) is 6.54 Å². The Kier molecular flexibility index (Phi) is 6.22. The lowest BCUT2D eigenvalue weighted by Crippen LogP contribution is -2.44. The lowest BCUT2D eigenvalue weighted by atomic mass is 10.1. The molecule has 0 bridgehead atoms. The number of nitrogens with one attached hydrogen (secondary N) is 1. The molecule has 0 aromatic heterocycles. The molecule has 92 valence electrons. The molecule has 1 fully saturated rings. The Labute approximate surface area is 95.7 Å². The van der Waals surface area contributed by atoms with Crippen LogP contribution in [0.5, 0.6) is 0 Å². The number of ether oxygens (including phenoxy) is 1. The zero-order valence-electron chi connectivity index (χ0n) is 10.5. The minimum Gasteiger partial charge on any atom is -0.376 e. The normalized spacial score (nSPS) is 23.6. The van der Waals surface area contributed by atoms with Gasteiger partial charge in [-0.05, 0) is 25.4 Å². The summed E-state index contributed by atoms with van der Waals surface area (Å²) in [6, 6.07) is 0. The van der Waals surface area contributed by atoms with Gasteiger partial charge in [-0.1, -0.05) is 20.8 Å². The second kappa shape index (κ2) is 7.20. The highest BCUT2D eigenvalue weighted by atomic mass is 16.5. The first-order valence-electron chi connectivity index (χ1n) is 6.27. The van der Waals surface area contributed by atoms with Gasteiger partial charge in [0.05, 0.1) is 12.7 Å². The first-order valence-corrected chi connectivity index (χ1v) is 6.27. The van der Waals surface area contributed by atoms with Crippen LogP contribution in [0.2, 0.25) is 0 Å². The molecule has 3 heteroatoms. The van der Waals surface area contributed by atoms with Crippen LogP contribution in [-0.2, 0) is 4.74 Å². The maximum absolute atomic E-state index is 5.75. The van der Waals surface area contributed by atoms with E-state index < -0.39 is 0 Å². The van der Waals surface area contributed by atoms with E-state index in [0.29, 0.717) is 6.10 Å². The number of rotatable bonds is 6. The summed E-state index contributed by atoms with van der Waals surface area (Å²) >= 11 is 0. The van der Waals surface area contributed by atoms with Gasteiger partial charge in [0.2, 0.25) is 0 Å². The van der Waals surface area contributed by atoms with Gasteiger partial charge in [-0.25, -0.2) is 0 Å². The zero-order valence-corrected chi connectivity index (χ0v) is 10.5. The summed E-state index contributed by atoms with van der Waals surface area (Å²) in [5, 5.41) is 3.35. The molecule has 0 unspecified atom stereocenters. The van der Waals surface area contributed by atoms with Crippen LogP contribution in [0.15, 0.2) is 0 Å². The summed E-state index contributed by atoms with van der Waals surface area (Å²) < 4.78 is 5.75. The summed E-state index contributed by atoms with van der Waals surface area (Å²) in [5.41, 5.74) is 0. The quantitative estimate of drug-likeness (QED) is 0.682. The maximum atomic E-state index is 5.75. The van der Waals surface area contributed by atoms with Crippen molar-refractivity contribution in [2.75, 3.05) is 39.3 Å². The van der Waals surface area contributed by atoms with Crippen LogP contribution >= 0.6 is 0 Å². The Bertz CT molecular complexity index is 167. The highest BCUT2D eigenvalue weighted by Gasteiger charge is 2.20. The zero-order chi connectivity index (χ0) is 11.1. The highest BCUT2D eigenvalue weighted by molar-refractivity contribution is 4.72. The summed E-state index contributed by atoms with van der Waals surface area (Å²) in [5.74, 6) is 0.762. The van der Waals surface area contributed by atoms with E-state index in [0.717, 1.165) is 45.1 Å². The largest absolute Gasteiger partial charge is 0.376 e. The van der Waals surface area contributed by atoms with Crippen molar-refractivity contribution in [3.63, 3.8) is 0 Å². The first kappa shape index (κ1) is 12.9. The molecule has 1 N–H and O–H groups in total. The Morgan fingerprint density at radius 3 is 3.00 bits per heavy atom. The fraction of sp³-hybridized carbons (Fsp3) is 1.00. The molecule has 1 aliphatic rings. The summed E-state index contributed by atoms with van der Waals surface area (Å²) in [4.78, 5) is 2.53. The van der Waals surface area contributed by atoms with Crippen LogP contribution in [0.3, 0.4) is 0 Å². The number of hydrogen-bond acceptors (Lipinski definition) is 3. The SMILES string of the molecule is CCNCC[C@@H]1CN(CC(C)C)CCO1.[HH]. The van der Waals surface area contributed by atoms with Crippen molar-refractivity contribution in [3.8, 4) is 0 Å². The van der Waals surface area contributed by atoms with Crippen LogP contribution < -0.4 is 5.32 Å². The third kappa shape index (κ3) is 5.50. The van der Waals surface area contributed by atoms with Crippen molar-refractivity contribution >= 4 is 0 Å². The van der Waals surface area contributed by atoms with Crippen LogP contribution in [0.4, 0.5) is 0 Å². The minimum absolute atomic E-state index is 0. The molecule has 0 aromatic rings. The Balaban J connectivity index is 0.00000225. The van der Waals surface area contributed by atoms with Crippen LogP contribution in [0, 0.1) is 5.92 Å². The van der Waals surface area contributed by atoms with Gasteiger partial charge in [0.15, 0.2) is 0 Å². The second-order valence-electron chi connectivity index (χ2n) is 4.79. The van der Waals surface area contributed by atoms with Gasteiger partial charge in [-0.15, -0.1) is 0 Å². The average molecular weight is 216 g/mol. The molecule has 1 heterocycles. The van der Waals surface area contributed by atoms with Crippen LogP contribution in [-0.4, -0.2) is 50.3 Å². The predicted molar refractivity (Wildman–Crippen MR) is 66.3 cm³/mol. The van der Waals surface area contributed by atoms with E-state index in [1.807, 2.05) is 0 Å². The molecule has 1 atom stereocenters. The fourth-order valence-electron chi connectivity index (χ4n) is 2.08. The van der Waals surface area contributed by atoms with Crippen LogP contribution in [0.25, 0.3) is 0 Å². The molecular formula is C12H28N2O. The first-order chi connectivity index (χ1) is 7.22. The average Bonchev–Trinajstić information content (AvgIpc) is 2.18. The lowest BCUT2D eigenvalue weighted by Gasteiger charge is -2.34. The molecule has 1 aliphatic heterocycles. The number of nitrogens with zero attached hydrogens (tertiary/aromatic N) is 1. The smallest absolute Gasteiger partial charge is 0.0714 e. The van der Waals surface area contributed by atoms with Crippen molar-refractivity contribution in [1.29, 1.82) is 0 Å². The van der Waals surface area contributed by atoms with Gasteiger partial charge in [0.25, 0.3) is 0 Å². The summed E-state index contributed by atoms with van der Waals surface area (Å²) in [7, 11) is 0. The van der Waals surface area contributed by atoms with Crippen LogP contribution in [0.1, 0.15) is 28.6 Å². The van der Waals surface area contributed by atoms with Gasteiger partial charge in [-0.3, -0.25) is 4.90 Å². The Hall–Kier alpha value is -0.120.